The third kappa shape index (κ3) is 4.82. The van der Waals surface area contributed by atoms with Gasteiger partial charge in [-0.15, -0.1) is 0 Å². The summed E-state index contributed by atoms with van der Waals surface area (Å²) in [5, 5.41) is 11.9. The normalized spacial score (nSPS) is 11.7. The summed E-state index contributed by atoms with van der Waals surface area (Å²) in [6.45, 7) is 3.61. The largest absolute Gasteiger partial charge is 0.389 e. The maximum absolute atomic E-state index is 11.9. The Labute approximate surface area is 116 Å². The Kier molecular flexibility index (Phi) is 4.99. The predicted molar refractivity (Wildman–Crippen MR) is 72.9 cm³/mol. The lowest BCUT2D eigenvalue weighted by atomic mass is 10.1. The Morgan fingerprint density at radius 3 is 2.56 bits per heavy atom. The number of hydrogen-bond acceptors (Lipinski definition) is 3. The fourth-order valence-corrected chi connectivity index (χ4v) is 2.02. The van der Waals surface area contributed by atoms with Crippen LogP contribution >= 0.6 is 23.2 Å². The van der Waals surface area contributed by atoms with Gasteiger partial charge in [-0.1, -0.05) is 23.2 Å². The number of carbonyl (C=O) groups is 1. The lowest BCUT2D eigenvalue weighted by Gasteiger charge is -2.25. The van der Waals surface area contributed by atoms with Gasteiger partial charge in [-0.05, 0) is 32.0 Å². The van der Waals surface area contributed by atoms with Gasteiger partial charge in [0.05, 0.1) is 16.2 Å². The van der Waals surface area contributed by atoms with E-state index in [0.717, 1.165) is 0 Å². The number of rotatable bonds is 4. The second-order valence-electron chi connectivity index (χ2n) is 4.73. The molecule has 0 unspecified atom stereocenters. The molecule has 6 heteroatoms. The molecule has 0 saturated heterocycles. The smallest absolute Gasteiger partial charge is 0.267 e. The van der Waals surface area contributed by atoms with Gasteiger partial charge in [-0.25, -0.2) is 5.01 Å². The van der Waals surface area contributed by atoms with E-state index in [4.69, 9.17) is 23.2 Å². The molecule has 0 aliphatic rings. The van der Waals surface area contributed by atoms with Crippen LogP contribution in [0.1, 0.15) is 24.2 Å². The van der Waals surface area contributed by atoms with E-state index in [0.29, 0.717) is 17.1 Å². The molecule has 0 spiro atoms. The zero-order valence-electron chi connectivity index (χ0n) is 10.5. The van der Waals surface area contributed by atoms with Crippen LogP contribution in [0.5, 0.6) is 0 Å². The fraction of sp³-hybridized carbons (Fsp3) is 0.417. The van der Waals surface area contributed by atoms with E-state index in [1.807, 2.05) is 0 Å². The summed E-state index contributed by atoms with van der Waals surface area (Å²) in [6, 6.07) is 4.66. The zero-order chi connectivity index (χ0) is 13.9. The number of nitrogens with zero attached hydrogens (tertiary/aromatic N) is 1. The number of nitrogens with one attached hydrogen (secondary N) is 1. The van der Waals surface area contributed by atoms with Crippen molar-refractivity contribution >= 4 is 29.1 Å². The van der Waals surface area contributed by atoms with Gasteiger partial charge >= 0.3 is 0 Å². The van der Waals surface area contributed by atoms with Crippen molar-refractivity contribution in [3.8, 4) is 0 Å². The molecule has 1 aromatic carbocycles. The van der Waals surface area contributed by atoms with E-state index in [1.165, 1.54) is 11.1 Å². The lowest BCUT2D eigenvalue weighted by Crippen LogP contribution is -2.46. The minimum absolute atomic E-state index is 0.289. The second-order valence-corrected chi connectivity index (χ2v) is 5.58. The van der Waals surface area contributed by atoms with E-state index >= 15 is 0 Å². The van der Waals surface area contributed by atoms with Crippen molar-refractivity contribution in [1.82, 2.24) is 10.4 Å². The first-order chi connectivity index (χ1) is 8.19. The molecule has 100 valence electrons. The molecule has 0 aliphatic carbocycles. The molecule has 0 fully saturated rings. The van der Waals surface area contributed by atoms with Crippen LogP contribution in [-0.4, -0.2) is 35.2 Å². The lowest BCUT2D eigenvalue weighted by molar-refractivity contribution is 0.0273. The van der Waals surface area contributed by atoms with Crippen LogP contribution in [0.2, 0.25) is 10.0 Å². The summed E-state index contributed by atoms with van der Waals surface area (Å²) in [4.78, 5) is 11.9. The second kappa shape index (κ2) is 5.89. The first-order valence-electron chi connectivity index (χ1n) is 5.38. The van der Waals surface area contributed by atoms with Gasteiger partial charge in [-0.2, -0.15) is 0 Å². The molecule has 1 rings (SSSR count). The number of hydrogen-bond donors (Lipinski definition) is 2. The third-order valence-electron chi connectivity index (χ3n) is 2.09. The number of likely N-dealkylation sites (N-methyl/N-ethyl adjacent to an activating group) is 1. The van der Waals surface area contributed by atoms with E-state index in [1.54, 1.807) is 33.0 Å². The van der Waals surface area contributed by atoms with Crippen LogP contribution in [-0.2, 0) is 0 Å². The summed E-state index contributed by atoms with van der Waals surface area (Å²) < 4.78 is 0. The molecule has 4 nitrogen and oxygen atoms in total. The Morgan fingerprint density at radius 2 is 2.06 bits per heavy atom. The van der Waals surface area contributed by atoms with Gasteiger partial charge in [0.15, 0.2) is 0 Å². The molecule has 0 atom stereocenters. The number of hydrazine groups is 1. The van der Waals surface area contributed by atoms with Crippen LogP contribution in [0.3, 0.4) is 0 Å². The highest BCUT2D eigenvalue weighted by molar-refractivity contribution is 6.36. The van der Waals surface area contributed by atoms with Gasteiger partial charge in [0.1, 0.15) is 0 Å². The maximum atomic E-state index is 11.9. The standard InChI is InChI=1S/C12H16Cl2N2O2/c1-12(2,18)7-16(3)15-11(17)9-5-4-8(13)6-10(9)14/h4-6,18H,7H2,1-3H3,(H,15,17). The van der Waals surface area contributed by atoms with Crippen LogP contribution in [0.4, 0.5) is 0 Å². The summed E-state index contributed by atoms with van der Waals surface area (Å²) in [5.74, 6) is -0.344. The van der Waals surface area contributed by atoms with Crippen molar-refractivity contribution in [2.24, 2.45) is 0 Å². The van der Waals surface area contributed by atoms with Crippen molar-refractivity contribution in [2.75, 3.05) is 13.6 Å². The van der Waals surface area contributed by atoms with E-state index in [2.05, 4.69) is 5.43 Å². The minimum atomic E-state index is -0.897. The van der Waals surface area contributed by atoms with Gasteiger partial charge in [-0.3, -0.25) is 10.2 Å². The average molecular weight is 291 g/mol. The molecule has 0 aromatic heterocycles. The number of benzene rings is 1. The number of halogens is 2. The van der Waals surface area contributed by atoms with Crippen LogP contribution in [0.15, 0.2) is 18.2 Å². The molecule has 0 radical (unpaired) electrons. The monoisotopic (exact) mass is 290 g/mol. The van der Waals surface area contributed by atoms with Crippen molar-refractivity contribution < 1.29 is 9.90 Å². The zero-order valence-corrected chi connectivity index (χ0v) is 12.0. The highest BCUT2D eigenvalue weighted by atomic mass is 35.5. The Balaban J connectivity index is 2.71. The summed E-state index contributed by atoms with van der Waals surface area (Å²) in [6.07, 6.45) is 0. The molecule has 0 bridgehead atoms. The molecule has 0 aliphatic heterocycles. The highest BCUT2D eigenvalue weighted by Crippen LogP contribution is 2.20. The van der Waals surface area contributed by atoms with Crippen molar-refractivity contribution in [3.63, 3.8) is 0 Å². The Morgan fingerprint density at radius 1 is 1.44 bits per heavy atom. The van der Waals surface area contributed by atoms with E-state index in [-0.39, 0.29) is 10.9 Å². The quantitative estimate of drug-likeness (QED) is 0.837. The molecule has 0 saturated carbocycles. The minimum Gasteiger partial charge on any atom is -0.389 e. The maximum Gasteiger partial charge on any atom is 0.267 e. The molecular weight excluding hydrogens is 275 g/mol. The first kappa shape index (κ1) is 15.2. The van der Waals surface area contributed by atoms with Crippen LogP contribution in [0.25, 0.3) is 0 Å². The summed E-state index contributed by atoms with van der Waals surface area (Å²) in [5.41, 5.74) is 2.06. The number of aliphatic hydroxyl groups is 1. The van der Waals surface area contributed by atoms with Gasteiger partial charge in [0.25, 0.3) is 5.91 Å². The van der Waals surface area contributed by atoms with Gasteiger partial charge < -0.3 is 5.11 Å². The SMILES string of the molecule is CN(CC(C)(C)O)NC(=O)c1ccc(Cl)cc1Cl. The topological polar surface area (TPSA) is 52.6 Å². The highest BCUT2D eigenvalue weighted by Gasteiger charge is 2.18. The van der Waals surface area contributed by atoms with Crippen molar-refractivity contribution in [1.29, 1.82) is 0 Å². The van der Waals surface area contributed by atoms with Crippen LogP contribution < -0.4 is 5.43 Å². The average Bonchev–Trinajstić information content (AvgIpc) is 2.13. The Hall–Kier alpha value is -0.810. The van der Waals surface area contributed by atoms with Crippen LogP contribution in [0, 0.1) is 0 Å². The summed E-state index contributed by atoms with van der Waals surface area (Å²) >= 11 is 11.7. The third-order valence-corrected chi connectivity index (χ3v) is 2.64. The number of carbonyl (C=O) groups excluding carboxylic acids is 1. The fourth-order valence-electron chi connectivity index (χ4n) is 1.53. The number of amides is 1. The predicted octanol–water partition coefficient (Wildman–Crippen LogP) is 2.34. The molecule has 2 N–H and O–H groups in total. The Bertz CT molecular complexity index is 444. The first-order valence-corrected chi connectivity index (χ1v) is 6.14. The van der Waals surface area contributed by atoms with E-state index in [9.17, 15) is 9.90 Å². The molecule has 0 heterocycles. The summed E-state index contributed by atoms with van der Waals surface area (Å²) in [7, 11) is 1.67. The van der Waals surface area contributed by atoms with Gasteiger partial charge in [0, 0.05) is 18.6 Å². The van der Waals surface area contributed by atoms with Crippen molar-refractivity contribution in [3.05, 3.63) is 33.8 Å². The van der Waals surface area contributed by atoms with E-state index < -0.39 is 5.60 Å². The molecular formula is C12H16Cl2N2O2. The molecule has 1 amide bonds. The molecule has 1 aromatic rings. The van der Waals surface area contributed by atoms with Crippen molar-refractivity contribution in [2.45, 2.75) is 19.4 Å². The molecule has 18 heavy (non-hydrogen) atoms. The van der Waals surface area contributed by atoms with Gasteiger partial charge in [0.2, 0.25) is 0 Å².